The van der Waals surface area contributed by atoms with Gasteiger partial charge in [-0.3, -0.25) is 9.79 Å². The summed E-state index contributed by atoms with van der Waals surface area (Å²) in [4.78, 5) is 22.0. The Morgan fingerprint density at radius 2 is 2.28 bits per heavy atom. The number of anilines is 1. The second-order valence-corrected chi connectivity index (χ2v) is 7.25. The first-order valence-electron chi connectivity index (χ1n) is 7.94. The van der Waals surface area contributed by atoms with E-state index in [-0.39, 0.29) is 5.91 Å². The number of rotatable bonds is 8. The zero-order chi connectivity index (χ0) is 18.2. The van der Waals surface area contributed by atoms with Crippen molar-refractivity contribution in [3.05, 3.63) is 21.9 Å². The lowest BCUT2D eigenvalue weighted by Gasteiger charge is -2.01. The van der Waals surface area contributed by atoms with E-state index >= 15 is 0 Å². The third-order valence-corrected chi connectivity index (χ3v) is 5.25. The van der Waals surface area contributed by atoms with Crippen LogP contribution in [0.25, 0.3) is 10.6 Å². The topological polar surface area (TPSA) is 102 Å². The first-order valence-corrected chi connectivity index (χ1v) is 9.63. The average Bonchev–Trinajstić information content (AvgIpc) is 3.16. The maximum atomic E-state index is 11.1. The molecule has 0 radical (unpaired) electrons. The van der Waals surface area contributed by atoms with Crippen molar-refractivity contribution >= 4 is 39.7 Å². The van der Waals surface area contributed by atoms with Crippen molar-refractivity contribution in [2.45, 2.75) is 27.3 Å². The average molecular weight is 382 g/mol. The van der Waals surface area contributed by atoms with Crippen LogP contribution in [0, 0.1) is 6.92 Å². The van der Waals surface area contributed by atoms with Crippen molar-refractivity contribution < 1.29 is 9.53 Å². The molecule has 0 aliphatic heterocycles. The van der Waals surface area contributed by atoms with Crippen LogP contribution >= 0.6 is 22.7 Å². The van der Waals surface area contributed by atoms with Crippen LogP contribution in [0.3, 0.4) is 0 Å². The summed E-state index contributed by atoms with van der Waals surface area (Å²) in [6, 6.07) is 2.08. The zero-order valence-corrected chi connectivity index (χ0v) is 16.2. The molecule has 0 aliphatic carbocycles. The number of nitrogens with one attached hydrogen (secondary N) is 2. The van der Waals surface area contributed by atoms with Gasteiger partial charge in [0.25, 0.3) is 0 Å². The van der Waals surface area contributed by atoms with E-state index in [1.807, 2.05) is 19.2 Å². The van der Waals surface area contributed by atoms with Gasteiger partial charge in [0.05, 0.1) is 30.3 Å². The molecule has 0 unspecified atom stereocenters. The highest BCUT2D eigenvalue weighted by atomic mass is 32.1. The van der Waals surface area contributed by atoms with Crippen molar-refractivity contribution in [1.29, 1.82) is 0 Å². The number of hydrogen-bond acceptors (Lipinski definition) is 6. The third kappa shape index (κ3) is 6.11. The minimum absolute atomic E-state index is 0.0337. The summed E-state index contributed by atoms with van der Waals surface area (Å²) in [7, 11) is 0. The summed E-state index contributed by atoms with van der Waals surface area (Å²) in [5.74, 6) is 0.294. The fourth-order valence-electron chi connectivity index (χ4n) is 1.99. The summed E-state index contributed by atoms with van der Waals surface area (Å²) in [5, 5.41) is 8.50. The second-order valence-electron chi connectivity index (χ2n) is 5.25. The van der Waals surface area contributed by atoms with Crippen molar-refractivity contribution in [3.63, 3.8) is 0 Å². The van der Waals surface area contributed by atoms with Crippen molar-refractivity contribution in [1.82, 2.24) is 10.3 Å². The number of carbonyl (C=O) groups is 1. The molecular formula is C16H23N5O2S2. The van der Waals surface area contributed by atoms with Crippen LogP contribution in [0.4, 0.5) is 5.13 Å². The number of carbonyl (C=O) groups excluding carboxylic acids is 1. The molecule has 0 aliphatic rings. The Labute approximate surface area is 155 Å². The summed E-state index contributed by atoms with van der Waals surface area (Å²) in [5.41, 5.74) is 7.88. The Morgan fingerprint density at radius 3 is 3.00 bits per heavy atom. The minimum atomic E-state index is -0.0337. The maximum Gasteiger partial charge on any atom is 0.217 e. The van der Waals surface area contributed by atoms with Gasteiger partial charge in [-0.2, -0.15) is 0 Å². The zero-order valence-electron chi connectivity index (χ0n) is 14.6. The van der Waals surface area contributed by atoms with E-state index in [0.717, 1.165) is 21.0 Å². The molecular weight excluding hydrogens is 358 g/mol. The fourth-order valence-corrected chi connectivity index (χ4v) is 3.86. The molecule has 7 nitrogen and oxygen atoms in total. The largest absolute Gasteiger partial charge is 0.380 e. The van der Waals surface area contributed by atoms with Gasteiger partial charge < -0.3 is 21.1 Å². The molecule has 0 fully saturated rings. The van der Waals surface area contributed by atoms with Gasteiger partial charge in [-0.15, -0.1) is 22.7 Å². The van der Waals surface area contributed by atoms with Gasteiger partial charge in [-0.05, 0) is 25.5 Å². The van der Waals surface area contributed by atoms with E-state index in [1.54, 1.807) is 11.3 Å². The predicted octanol–water partition coefficient (Wildman–Crippen LogP) is 2.58. The highest BCUT2D eigenvalue weighted by Crippen LogP contribution is 2.33. The van der Waals surface area contributed by atoms with Crippen molar-refractivity contribution in [2.24, 2.45) is 10.7 Å². The van der Waals surface area contributed by atoms with Crippen LogP contribution in [-0.4, -0.2) is 36.6 Å². The molecule has 0 bridgehead atoms. The van der Waals surface area contributed by atoms with Crippen molar-refractivity contribution in [2.75, 3.05) is 25.1 Å². The van der Waals surface area contributed by atoms with Gasteiger partial charge in [-0.25, -0.2) is 4.98 Å². The number of ether oxygens (including phenoxy) is 1. The Morgan fingerprint density at radius 1 is 1.48 bits per heavy atom. The number of hydrogen-bond donors (Lipinski definition) is 3. The van der Waals surface area contributed by atoms with Crippen LogP contribution in [-0.2, 0) is 16.1 Å². The van der Waals surface area contributed by atoms with Gasteiger partial charge in [0, 0.05) is 23.8 Å². The van der Waals surface area contributed by atoms with Crippen LogP contribution in [0.15, 0.2) is 16.4 Å². The third-order valence-electron chi connectivity index (χ3n) is 3.23. The summed E-state index contributed by atoms with van der Waals surface area (Å²) >= 11 is 3.10. The molecule has 2 aromatic rings. The van der Waals surface area contributed by atoms with Gasteiger partial charge in [0.2, 0.25) is 5.91 Å². The lowest BCUT2D eigenvalue weighted by Crippen LogP contribution is -2.23. The Balaban J connectivity index is 1.98. The molecule has 2 rings (SSSR count). The molecule has 0 spiro atoms. The lowest BCUT2D eigenvalue weighted by atomic mass is 10.2. The van der Waals surface area contributed by atoms with Crippen LogP contribution < -0.4 is 16.4 Å². The smallest absolute Gasteiger partial charge is 0.217 e. The highest BCUT2D eigenvalue weighted by Gasteiger charge is 2.11. The molecule has 9 heteroatoms. The molecule has 136 valence electrons. The number of thiazole rings is 1. The number of nitrogens with zero attached hydrogens (tertiary/aromatic N) is 2. The fraction of sp³-hybridized carbons (Fsp3) is 0.438. The highest BCUT2D eigenvalue weighted by molar-refractivity contribution is 7.17. The molecule has 0 atom stereocenters. The van der Waals surface area contributed by atoms with Gasteiger partial charge >= 0.3 is 0 Å². The lowest BCUT2D eigenvalue weighted by molar-refractivity contribution is -0.119. The quantitative estimate of drug-likeness (QED) is 0.371. The first kappa shape index (κ1) is 19.4. The van der Waals surface area contributed by atoms with Crippen LogP contribution in [0.2, 0.25) is 0 Å². The maximum absolute atomic E-state index is 11.1. The summed E-state index contributed by atoms with van der Waals surface area (Å²) in [6.45, 7) is 7.77. The Hall–Kier alpha value is -1.97. The molecule has 0 saturated carbocycles. The number of thiophene rings is 1. The van der Waals surface area contributed by atoms with E-state index in [0.29, 0.717) is 37.4 Å². The molecule has 2 heterocycles. The minimum Gasteiger partial charge on any atom is -0.380 e. The Kier molecular flexibility index (Phi) is 7.35. The van der Waals surface area contributed by atoms with Gasteiger partial charge in [0.1, 0.15) is 0 Å². The number of aryl methyl sites for hydroxylation is 1. The predicted molar refractivity (Wildman–Crippen MR) is 104 cm³/mol. The van der Waals surface area contributed by atoms with E-state index in [2.05, 4.69) is 26.7 Å². The summed E-state index contributed by atoms with van der Waals surface area (Å²) < 4.78 is 5.22. The molecule has 25 heavy (non-hydrogen) atoms. The standard InChI is InChI=1S/C16H23N5O2S2/c1-4-23-6-5-18-15(17)21-16-20-12(9-24-16)13-7-10(2)14(25-13)8-19-11(3)22/h7,9H,4-6,8H2,1-3H3,(H,19,22)(H3,17,18,20,21). The number of amides is 1. The molecule has 0 aromatic carbocycles. The van der Waals surface area contributed by atoms with E-state index in [4.69, 9.17) is 10.5 Å². The monoisotopic (exact) mass is 381 g/mol. The molecule has 4 N–H and O–H groups in total. The normalized spacial score (nSPS) is 11.6. The van der Waals surface area contributed by atoms with Gasteiger partial charge in [0.15, 0.2) is 11.1 Å². The van der Waals surface area contributed by atoms with Gasteiger partial charge in [-0.1, -0.05) is 0 Å². The second kappa shape index (κ2) is 9.50. The van der Waals surface area contributed by atoms with E-state index < -0.39 is 0 Å². The van der Waals surface area contributed by atoms with Crippen LogP contribution in [0.5, 0.6) is 0 Å². The van der Waals surface area contributed by atoms with E-state index in [1.165, 1.54) is 18.3 Å². The molecule has 2 aromatic heterocycles. The molecule has 1 amide bonds. The molecule has 0 saturated heterocycles. The number of guanidine groups is 1. The Bertz CT molecular complexity index is 739. The number of aromatic nitrogens is 1. The summed E-state index contributed by atoms with van der Waals surface area (Å²) in [6.07, 6.45) is 0. The van der Waals surface area contributed by atoms with Crippen molar-refractivity contribution in [3.8, 4) is 10.6 Å². The first-order chi connectivity index (χ1) is 12.0. The number of nitrogens with two attached hydrogens (primary N) is 1. The number of aliphatic imine (C=N–C) groups is 1. The van der Waals surface area contributed by atoms with Crippen LogP contribution in [0.1, 0.15) is 24.3 Å². The van der Waals surface area contributed by atoms with E-state index in [9.17, 15) is 4.79 Å². The SMILES string of the molecule is CCOCCN=C(N)Nc1nc(-c2cc(C)c(CNC(C)=O)s2)cs1.